The number of hydrogen-bond acceptors (Lipinski definition) is 2. The predicted molar refractivity (Wildman–Crippen MR) is 53.3 cm³/mol. The van der Waals surface area contributed by atoms with Crippen molar-refractivity contribution < 1.29 is 23.4 Å². The van der Waals surface area contributed by atoms with Gasteiger partial charge in [-0.25, -0.2) is 0 Å². The Morgan fingerprint density at radius 3 is 2.00 bits per heavy atom. The maximum Gasteiger partial charge on any atom is 0.414 e. The van der Waals surface area contributed by atoms with Crippen molar-refractivity contribution in [1.82, 2.24) is 0 Å². The molecular formula is C11H13F3O2. The molecule has 2 nitrogen and oxygen atoms in total. The summed E-state index contributed by atoms with van der Waals surface area (Å²) in [4.78, 5) is 0. The lowest BCUT2D eigenvalue weighted by molar-refractivity contribution is -0.203. The van der Waals surface area contributed by atoms with Crippen molar-refractivity contribution in [3.63, 3.8) is 0 Å². The van der Waals surface area contributed by atoms with E-state index in [-0.39, 0.29) is 5.75 Å². The highest BCUT2D eigenvalue weighted by molar-refractivity contribution is 5.42. The van der Waals surface area contributed by atoms with Gasteiger partial charge in [-0.1, -0.05) is 12.1 Å². The van der Waals surface area contributed by atoms with Crippen LogP contribution in [-0.2, 0) is 6.42 Å². The molecule has 1 rings (SSSR count). The third-order valence-electron chi connectivity index (χ3n) is 2.36. The summed E-state index contributed by atoms with van der Waals surface area (Å²) in [5.41, 5.74) is 1.37. The van der Waals surface area contributed by atoms with Gasteiger partial charge in [-0.15, -0.1) is 0 Å². The summed E-state index contributed by atoms with van der Waals surface area (Å²) in [6.45, 7) is 3.21. The zero-order valence-electron chi connectivity index (χ0n) is 8.97. The Morgan fingerprint density at radius 2 is 1.62 bits per heavy atom. The molecule has 1 unspecified atom stereocenters. The molecule has 0 aliphatic rings. The van der Waals surface area contributed by atoms with Gasteiger partial charge in [0, 0.05) is 6.42 Å². The molecule has 5 heteroatoms. The van der Waals surface area contributed by atoms with Crippen molar-refractivity contribution in [2.75, 3.05) is 0 Å². The van der Waals surface area contributed by atoms with Crippen molar-refractivity contribution >= 4 is 0 Å². The number of alkyl halides is 3. The maximum absolute atomic E-state index is 12.1. The molecule has 16 heavy (non-hydrogen) atoms. The maximum atomic E-state index is 12.1. The average molecular weight is 234 g/mol. The van der Waals surface area contributed by atoms with E-state index < -0.39 is 18.7 Å². The Labute approximate surface area is 91.3 Å². The monoisotopic (exact) mass is 234 g/mol. The molecule has 0 saturated carbocycles. The van der Waals surface area contributed by atoms with Crippen LogP contribution in [0.25, 0.3) is 0 Å². The van der Waals surface area contributed by atoms with Gasteiger partial charge in [-0.05, 0) is 30.5 Å². The first-order valence-corrected chi connectivity index (χ1v) is 4.75. The van der Waals surface area contributed by atoms with Gasteiger partial charge in [-0.3, -0.25) is 0 Å². The van der Waals surface area contributed by atoms with E-state index in [0.717, 1.165) is 0 Å². The molecule has 0 aliphatic carbocycles. The van der Waals surface area contributed by atoms with Crippen molar-refractivity contribution in [1.29, 1.82) is 0 Å². The van der Waals surface area contributed by atoms with Gasteiger partial charge in [0.15, 0.2) is 6.10 Å². The minimum atomic E-state index is -4.61. The molecule has 0 radical (unpaired) electrons. The molecule has 0 amide bonds. The van der Waals surface area contributed by atoms with Crippen LogP contribution in [-0.4, -0.2) is 22.5 Å². The second-order valence-corrected chi connectivity index (χ2v) is 3.84. The van der Waals surface area contributed by atoms with E-state index in [9.17, 15) is 18.3 Å². The summed E-state index contributed by atoms with van der Waals surface area (Å²) in [5.74, 6) is 0.0743. The third-order valence-corrected chi connectivity index (χ3v) is 2.36. The summed E-state index contributed by atoms with van der Waals surface area (Å²) in [6, 6.07) is 2.88. The molecule has 0 heterocycles. The van der Waals surface area contributed by atoms with Crippen LogP contribution in [0.4, 0.5) is 13.2 Å². The summed E-state index contributed by atoms with van der Waals surface area (Å²) in [6.07, 6.45) is -7.47. The van der Waals surface area contributed by atoms with Crippen molar-refractivity contribution in [2.45, 2.75) is 32.5 Å². The van der Waals surface area contributed by atoms with Gasteiger partial charge in [0.1, 0.15) is 5.75 Å². The third kappa shape index (κ3) is 2.88. The van der Waals surface area contributed by atoms with E-state index in [1.807, 2.05) is 0 Å². The molecule has 0 aliphatic heterocycles. The molecule has 0 spiro atoms. The average Bonchev–Trinajstić information content (AvgIpc) is 2.12. The highest BCUT2D eigenvalue weighted by atomic mass is 19.4. The lowest BCUT2D eigenvalue weighted by Gasteiger charge is -2.15. The normalized spacial score (nSPS) is 13.9. The van der Waals surface area contributed by atoms with E-state index in [0.29, 0.717) is 16.7 Å². The lowest BCUT2D eigenvalue weighted by Crippen LogP contribution is -2.30. The first-order valence-electron chi connectivity index (χ1n) is 4.75. The number of aliphatic hydroxyl groups is 1. The Balaban J connectivity index is 2.91. The van der Waals surface area contributed by atoms with Crippen LogP contribution in [0.5, 0.6) is 5.75 Å². The highest BCUT2D eigenvalue weighted by Crippen LogP contribution is 2.27. The summed E-state index contributed by atoms with van der Waals surface area (Å²) >= 11 is 0. The van der Waals surface area contributed by atoms with Gasteiger partial charge in [0.25, 0.3) is 0 Å². The zero-order chi connectivity index (χ0) is 12.5. The van der Waals surface area contributed by atoms with Crippen molar-refractivity contribution in [2.24, 2.45) is 0 Å². The zero-order valence-corrected chi connectivity index (χ0v) is 8.97. The molecule has 1 aromatic rings. The number of aliphatic hydroxyl groups excluding tert-OH is 1. The fourth-order valence-corrected chi connectivity index (χ4v) is 1.50. The van der Waals surface area contributed by atoms with Crippen LogP contribution in [0.3, 0.4) is 0 Å². The van der Waals surface area contributed by atoms with Crippen molar-refractivity contribution in [3.8, 4) is 5.75 Å². The number of phenols is 1. The van der Waals surface area contributed by atoms with Crippen LogP contribution in [0.15, 0.2) is 12.1 Å². The molecule has 0 fully saturated rings. The van der Waals surface area contributed by atoms with E-state index >= 15 is 0 Å². The number of hydrogen-bond donors (Lipinski definition) is 2. The Kier molecular flexibility index (Phi) is 3.48. The van der Waals surface area contributed by atoms with Gasteiger partial charge >= 0.3 is 6.18 Å². The van der Waals surface area contributed by atoms with Crippen LogP contribution in [0.1, 0.15) is 16.7 Å². The standard InChI is InChI=1S/C11H13F3O2/c1-6-3-8(4-7(2)10(6)16)5-9(15)11(12,13)14/h3-4,9,15-16H,5H2,1-2H3. The lowest BCUT2D eigenvalue weighted by atomic mass is 10.0. The molecule has 1 aromatic carbocycles. The Bertz CT molecular complexity index is 362. The van der Waals surface area contributed by atoms with Gasteiger partial charge in [0.05, 0.1) is 0 Å². The molecule has 0 saturated heterocycles. The summed E-state index contributed by atoms with van der Waals surface area (Å²) in [5, 5.41) is 18.3. The van der Waals surface area contributed by atoms with Crippen LogP contribution in [0, 0.1) is 13.8 Å². The number of aromatic hydroxyl groups is 1. The molecule has 0 bridgehead atoms. The quantitative estimate of drug-likeness (QED) is 0.825. The Hall–Kier alpha value is -1.23. The highest BCUT2D eigenvalue weighted by Gasteiger charge is 2.38. The number of phenolic OH excluding ortho intramolecular Hbond substituents is 1. The summed E-state index contributed by atoms with van der Waals surface area (Å²) < 4.78 is 36.3. The van der Waals surface area contributed by atoms with Crippen molar-refractivity contribution in [3.05, 3.63) is 28.8 Å². The minimum Gasteiger partial charge on any atom is -0.507 e. The van der Waals surface area contributed by atoms with Crippen LogP contribution < -0.4 is 0 Å². The second kappa shape index (κ2) is 4.33. The number of benzene rings is 1. The number of aryl methyl sites for hydroxylation is 2. The van der Waals surface area contributed by atoms with Crippen LogP contribution in [0.2, 0.25) is 0 Å². The van der Waals surface area contributed by atoms with Gasteiger partial charge in [-0.2, -0.15) is 13.2 Å². The molecule has 1 atom stereocenters. The number of rotatable bonds is 2. The minimum absolute atomic E-state index is 0.0743. The Morgan fingerprint density at radius 1 is 1.19 bits per heavy atom. The van der Waals surface area contributed by atoms with E-state index in [1.165, 1.54) is 12.1 Å². The van der Waals surface area contributed by atoms with E-state index in [1.54, 1.807) is 13.8 Å². The predicted octanol–water partition coefficient (Wildman–Crippen LogP) is 2.47. The van der Waals surface area contributed by atoms with Gasteiger partial charge < -0.3 is 10.2 Å². The smallest absolute Gasteiger partial charge is 0.414 e. The second-order valence-electron chi connectivity index (χ2n) is 3.84. The topological polar surface area (TPSA) is 40.5 Å². The molecule has 90 valence electrons. The van der Waals surface area contributed by atoms with Crippen LogP contribution >= 0.6 is 0 Å². The fraction of sp³-hybridized carbons (Fsp3) is 0.455. The van der Waals surface area contributed by atoms with E-state index in [2.05, 4.69) is 0 Å². The molecular weight excluding hydrogens is 221 g/mol. The summed E-state index contributed by atoms with van der Waals surface area (Å²) in [7, 11) is 0. The molecule has 0 aromatic heterocycles. The largest absolute Gasteiger partial charge is 0.507 e. The number of halogens is 3. The van der Waals surface area contributed by atoms with E-state index in [4.69, 9.17) is 5.11 Å². The van der Waals surface area contributed by atoms with Gasteiger partial charge in [0.2, 0.25) is 0 Å². The fourth-order valence-electron chi connectivity index (χ4n) is 1.50. The first kappa shape index (κ1) is 12.8. The first-order chi connectivity index (χ1) is 7.21. The molecule has 2 N–H and O–H groups in total. The SMILES string of the molecule is Cc1cc(CC(O)C(F)(F)F)cc(C)c1O.